The molecule has 1 fully saturated rings. The van der Waals surface area contributed by atoms with E-state index >= 15 is 0 Å². The second-order valence-corrected chi connectivity index (χ2v) is 6.56. The van der Waals surface area contributed by atoms with Crippen molar-refractivity contribution in [3.63, 3.8) is 0 Å². The molecule has 0 saturated carbocycles. The number of halogens is 1. The second kappa shape index (κ2) is 7.93. The number of benzene rings is 1. The SMILES string of the molecule is CNCCC1CCOCC1.Fc1cc2c3c(ccn3CCC2)c1. The van der Waals surface area contributed by atoms with Gasteiger partial charge in [0.1, 0.15) is 5.82 Å². The molecule has 2 aliphatic heterocycles. The standard InChI is InChI=1S/C11H10FN.C8H17NO/c12-10-6-8-2-1-4-13-5-3-9(7-10)11(8)13;1-9-5-2-8-3-6-10-7-4-8/h3,5-7H,1-2,4H2;8-9H,2-7H2,1H3. The van der Waals surface area contributed by atoms with Crippen molar-refractivity contribution >= 4 is 10.9 Å². The van der Waals surface area contributed by atoms with Gasteiger partial charge in [0, 0.05) is 31.3 Å². The van der Waals surface area contributed by atoms with Crippen molar-refractivity contribution in [1.29, 1.82) is 0 Å². The third-order valence-electron chi connectivity index (χ3n) is 4.89. The number of ether oxygens (including phenoxy) is 1. The van der Waals surface area contributed by atoms with Gasteiger partial charge in [-0.3, -0.25) is 0 Å². The first-order valence-electron chi connectivity index (χ1n) is 8.77. The molecule has 1 N–H and O–H groups in total. The number of hydrogen-bond donors (Lipinski definition) is 1. The summed E-state index contributed by atoms with van der Waals surface area (Å²) < 4.78 is 20.6. The maximum Gasteiger partial charge on any atom is 0.124 e. The van der Waals surface area contributed by atoms with Crippen LogP contribution in [-0.4, -0.2) is 31.4 Å². The van der Waals surface area contributed by atoms with E-state index in [1.165, 1.54) is 24.8 Å². The van der Waals surface area contributed by atoms with Crippen LogP contribution in [0.3, 0.4) is 0 Å². The summed E-state index contributed by atoms with van der Waals surface area (Å²) in [4.78, 5) is 0. The average molecular weight is 318 g/mol. The Morgan fingerprint density at radius 3 is 2.91 bits per heavy atom. The van der Waals surface area contributed by atoms with Crippen LogP contribution in [-0.2, 0) is 17.7 Å². The molecule has 3 nitrogen and oxygen atoms in total. The molecule has 2 aromatic rings. The summed E-state index contributed by atoms with van der Waals surface area (Å²) in [5, 5.41) is 4.21. The first-order valence-corrected chi connectivity index (χ1v) is 8.77. The van der Waals surface area contributed by atoms with Gasteiger partial charge in [0.05, 0.1) is 5.52 Å². The van der Waals surface area contributed by atoms with E-state index in [2.05, 4.69) is 9.88 Å². The highest BCUT2D eigenvalue weighted by Gasteiger charge is 2.13. The third-order valence-corrected chi connectivity index (χ3v) is 4.89. The molecule has 126 valence electrons. The maximum atomic E-state index is 13.1. The van der Waals surface area contributed by atoms with Crippen molar-refractivity contribution in [3.05, 3.63) is 35.8 Å². The van der Waals surface area contributed by atoms with Gasteiger partial charge >= 0.3 is 0 Å². The van der Waals surface area contributed by atoms with E-state index in [9.17, 15) is 4.39 Å². The summed E-state index contributed by atoms with van der Waals surface area (Å²) in [6.07, 6.45) is 8.04. The van der Waals surface area contributed by atoms with Crippen LogP contribution >= 0.6 is 0 Å². The Labute approximate surface area is 137 Å². The van der Waals surface area contributed by atoms with Crippen molar-refractivity contribution < 1.29 is 9.13 Å². The average Bonchev–Trinajstić information content (AvgIpc) is 2.99. The van der Waals surface area contributed by atoms with Crippen LogP contribution in [0, 0.1) is 11.7 Å². The maximum absolute atomic E-state index is 13.1. The minimum atomic E-state index is -0.109. The Morgan fingerprint density at radius 2 is 2.13 bits per heavy atom. The van der Waals surface area contributed by atoms with Crippen LogP contribution in [0.2, 0.25) is 0 Å². The minimum absolute atomic E-state index is 0.109. The number of hydrogen-bond acceptors (Lipinski definition) is 2. The fraction of sp³-hybridized carbons (Fsp3) is 0.579. The van der Waals surface area contributed by atoms with Gasteiger partial charge in [0.15, 0.2) is 0 Å². The molecular weight excluding hydrogens is 291 g/mol. The van der Waals surface area contributed by atoms with Gasteiger partial charge in [-0.25, -0.2) is 4.39 Å². The summed E-state index contributed by atoms with van der Waals surface area (Å²) in [5.74, 6) is 0.809. The van der Waals surface area contributed by atoms with Gasteiger partial charge in [0.25, 0.3) is 0 Å². The predicted octanol–water partition coefficient (Wildman–Crippen LogP) is 3.75. The Balaban J connectivity index is 0.000000142. The van der Waals surface area contributed by atoms with Crippen molar-refractivity contribution in [1.82, 2.24) is 9.88 Å². The summed E-state index contributed by atoms with van der Waals surface area (Å²) in [5.41, 5.74) is 2.39. The lowest BCUT2D eigenvalue weighted by Gasteiger charge is -2.21. The van der Waals surface area contributed by atoms with Gasteiger partial charge in [0.2, 0.25) is 0 Å². The molecule has 0 atom stereocenters. The Bertz CT molecular complexity index is 632. The highest BCUT2D eigenvalue weighted by atomic mass is 19.1. The quantitative estimate of drug-likeness (QED) is 0.933. The van der Waals surface area contributed by atoms with Crippen LogP contribution in [0.1, 0.15) is 31.2 Å². The lowest BCUT2D eigenvalue weighted by atomic mass is 9.97. The monoisotopic (exact) mass is 318 g/mol. The van der Waals surface area contributed by atoms with Crippen LogP contribution in [0.25, 0.3) is 10.9 Å². The van der Waals surface area contributed by atoms with Crippen LogP contribution in [0.15, 0.2) is 24.4 Å². The van der Waals surface area contributed by atoms with E-state index in [1.807, 2.05) is 19.3 Å². The minimum Gasteiger partial charge on any atom is -0.381 e. The highest BCUT2D eigenvalue weighted by Crippen LogP contribution is 2.26. The molecule has 4 rings (SSSR count). The lowest BCUT2D eigenvalue weighted by molar-refractivity contribution is 0.0641. The highest BCUT2D eigenvalue weighted by molar-refractivity contribution is 5.84. The molecule has 23 heavy (non-hydrogen) atoms. The third kappa shape index (κ3) is 4.12. The predicted molar refractivity (Wildman–Crippen MR) is 92.3 cm³/mol. The van der Waals surface area contributed by atoms with E-state index in [1.54, 1.807) is 12.1 Å². The smallest absolute Gasteiger partial charge is 0.124 e. The number of aromatic nitrogens is 1. The van der Waals surface area contributed by atoms with Crippen molar-refractivity contribution in [2.24, 2.45) is 5.92 Å². The van der Waals surface area contributed by atoms with E-state index in [0.717, 1.165) is 56.0 Å². The zero-order valence-corrected chi connectivity index (χ0v) is 14.0. The molecule has 1 aromatic heterocycles. The molecule has 1 aromatic carbocycles. The number of aryl methyl sites for hydroxylation is 2. The van der Waals surface area contributed by atoms with E-state index in [4.69, 9.17) is 4.74 Å². The zero-order valence-electron chi connectivity index (χ0n) is 14.0. The van der Waals surface area contributed by atoms with Gasteiger partial charge in [-0.2, -0.15) is 0 Å². The number of nitrogens with one attached hydrogen (secondary N) is 1. The van der Waals surface area contributed by atoms with E-state index in [0.29, 0.717) is 0 Å². The summed E-state index contributed by atoms with van der Waals surface area (Å²) >= 11 is 0. The summed E-state index contributed by atoms with van der Waals surface area (Å²) in [7, 11) is 2.01. The van der Waals surface area contributed by atoms with Gasteiger partial charge in [-0.15, -0.1) is 0 Å². The molecule has 0 aliphatic carbocycles. The summed E-state index contributed by atoms with van der Waals surface area (Å²) in [6.45, 7) is 4.19. The normalized spacial score (nSPS) is 17.8. The largest absolute Gasteiger partial charge is 0.381 e. The van der Waals surface area contributed by atoms with Crippen molar-refractivity contribution in [2.75, 3.05) is 26.8 Å². The van der Waals surface area contributed by atoms with Crippen LogP contribution in [0.4, 0.5) is 4.39 Å². The molecule has 1 saturated heterocycles. The first-order chi connectivity index (χ1) is 11.3. The molecule has 0 spiro atoms. The fourth-order valence-electron chi connectivity index (χ4n) is 3.60. The van der Waals surface area contributed by atoms with Gasteiger partial charge in [-0.05, 0) is 75.4 Å². The second-order valence-electron chi connectivity index (χ2n) is 6.56. The molecule has 0 bridgehead atoms. The van der Waals surface area contributed by atoms with Gasteiger partial charge in [-0.1, -0.05) is 0 Å². The molecule has 0 radical (unpaired) electrons. The Kier molecular flexibility index (Phi) is 5.68. The van der Waals surface area contributed by atoms with Crippen molar-refractivity contribution in [3.8, 4) is 0 Å². The number of rotatable bonds is 3. The number of nitrogens with zero attached hydrogens (tertiary/aromatic N) is 1. The fourth-order valence-corrected chi connectivity index (χ4v) is 3.60. The molecular formula is C19H27FN2O. The molecule has 3 heterocycles. The van der Waals surface area contributed by atoms with E-state index < -0.39 is 0 Å². The molecule has 4 heteroatoms. The summed E-state index contributed by atoms with van der Waals surface area (Å²) in [6, 6.07) is 5.27. The van der Waals surface area contributed by atoms with Crippen molar-refractivity contribution in [2.45, 2.75) is 38.6 Å². The zero-order chi connectivity index (χ0) is 16.1. The van der Waals surface area contributed by atoms with Crippen LogP contribution < -0.4 is 5.32 Å². The molecule has 2 aliphatic rings. The van der Waals surface area contributed by atoms with Crippen LogP contribution in [0.5, 0.6) is 0 Å². The molecule has 0 unspecified atom stereocenters. The van der Waals surface area contributed by atoms with Gasteiger partial charge < -0.3 is 14.6 Å². The first kappa shape index (κ1) is 16.5. The lowest BCUT2D eigenvalue weighted by Crippen LogP contribution is -2.20. The Morgan fingerprint density at radius 1 is 1.30 bits per heavy atom. The Hall–Kier alpha value is -1.39. The topological polar surface area (TPSA) is 26.2 Å². The molecule has 0 amide bonds. The van der Waals surface area contributed by atoms with E-state index in [-0.39, 0.29) is 5.82 Å².